The van der Waals surface area contributed by atoms with Gasteiger partial charge in [-0.1, -0.05) is 31.9 Å². The van der Waals surface area contributed by atoms with E-state index in [9.17, 15) is 4.79 Å². The van der Waals surface area contributed by atoms with Gasteiger partial charge < -0.3 is 9.64 Å². The van der Waals surface area contributed by atoms with E-state index < -0.39 is 0 Å². The summed E-state index contributed by atoms with van der Waals surface area (Å²) in [4.78, 5) is 18.8. The second kappa shape index (κ2) is 8.89. The average Bonchev–Trinajstić information content (AvgIpc) is 3.15. The Kier molecular flexibility index (Phi) is 6.33. The molecule has 1 amide bonds. The van der Waals surface area contributed by atoms with Gasteiger partial charge in [0.05, 0.1) is 36.8 Å². The minimum atomic E-state index is 0.0215. The summed E-state index contributed by atoms with van der Waals surface area (Å²) in [5.74, 6) is 0.687. The molecule has 0 saturated carbocycles. The summed E-state index contributed by atoms with van der Waals surface area (Å²) < 4.78 is 7.36. The molecule has 2 aromatic heterocycles. The van der Waals surface area contributed by atoms with Crippen molar-refractivity contribution in [1.29, 1.82) is 0 Å². The Morgan fingerprint density at radius 2 is 2.08 bits per heavy atom. The molecule has 0 bridgehead atoms. The molecule has 0 radical (unpaired) electrons. The molecular formula is C19H27N5O2. The molecule has 1 atom stereocenters. The van der Waals surface area contributed by atoms with Crippen molar-refractivity contribution in [3.8, 4) is 5.69 Å². The van der Waals surface area contributed by atoms with Crippen LogP contribution in [0.5, 0.6) is 0 Å². The zero-order valence-electron chi connectivity index (χ0n) is 15.5. The van der Waals surface area contributed by atoms with Gasteiger partial charge in [0.25, 0.3) is 0 Å². The van der Waals surface area contributed by atoms with E-state index in [2.05, 4.69) is 29.1 Å². The van der Waals surface area contributed by atoms with Gasteiger partial charge in [-0.05, 0) is 18.1 Å². The Morgan fingerprint density at radius 1 is 1.31 bits per heavy atom. The molecule has 0 N–H and O–H groups in total. The molecule has 2 aromatic rings. The molecule has 0 spiro atoms. The van der Waals surface area contributed by atoms with Crippen LogP contribution >= 0.6 is 0 Å². The molecule has 0 aromatic carbocycles. The summed E-state index contributed by atoms with van der Waals surface area (Å²) in [5, 5.41) is 8.46. The number of carbonyl (C=O) groups excluding carboxylic acids is 1. The fraction of sp³-hybridized carbons (Fsp3) is 0.579. The number of rotatable bonds is 7. The van der Waals surface area contributed by atoms with Gasteiger partial charge in [-0.3, -0.25) is 9.78 Å². The number of morpholine rings is 1. The van der Waals surface area contributed by atoms with Crippen LogP contribution in [0.15, 0.2) is 30.7 Å². The van der Waals surface area contributed by atoms with Gasteiger partial charge in [0, 0.05) is 31.8 Å². The van der Waals surface area contributed by atoms with E-state index in [1.807, 2.05) is 23.2 Å². The summed E-state index contributed by atoms with van der Waals surface area (Å²) in [6, 6.07) is 3.79. The van der Waals surface area contributed by atoms with E-state index in [4.69, 9.17) is 4.74 Å². The summed E-state index contributed by atoms with van der Waals surface area (Å²) in [6.07, 6.45) is 8.71. The van der Waals surface area contributed by atoms with Crippen LogP contribution in [-0.2, 0) is 16.0 Å². The molecule has 0 aliphatic carbocycles. The zero-order chi connectivity index (χ0) is 18.4. The van der Waals surface area contributed by atoms with E-state index in [0.717, 1.165) is 24.2 Å². The zero-order valence-corrected chi connectivity index (χ0v) is 15.5. The SMILES string of the molecule is CCC(CC)CC(=O)N1CCOCC1Cc1cn(-c2ccncc2)nn1. The maximum Gasteiger partial charge on any atom is 0.223 e. The van der Waals surface area contributed by atoms with E-state index in [-0.39, 0.29) is 11.9 Å². The van der Waals surface area contributed by atoms with Gasteiger partial charge in [-0.15, -0.1) is 5.10 Å². The number of hydrogen-bond acceptors (Lipinski definition) is 5. The van der Waals surface area contributed by atoms with Crippen LogP contribution in [0.4, 0.5) is 0 Å². The minimum Gasteiger partial charge on any atom is -0.377 e. The topological polar surface area (TPSA) is 73.1 Å². The number of amides is 1. The lowest BCUT2D eigenvalue weighted by atomic mass is 9.98. The van der Waals surface area contributed by atoms with Crippen LogP contribution in [0, 0.1) is 5.92 Å². The lowest BCUT2D eigenvalue weighted by Crippen LogP contribution is -2.50. The van der Waals surface area contributed by atoms with Crippen LogP contribution in [0.2, 0.25) is 0 Å². The number of nitrogens with zero attached hydrogens (tertiary/aromatic N) is 5. The van der Waals surface area contributed by atoms with Crippen molar-refractivity contribution in [2.45, 2.75) is 45.6 Å². The first-order chi connectivity index (χ1) is 12.7. The lowest BCUT2D eigenvalue weighted by molar-refractivity contribution is -0.140. The number of hydrogen-bond donors (Lipinski definition) is 0. The summed E-state index contributed by atoms with van der Waals surface area (Å²) in [7, 11) is 0. The van der Waals surface area contributed by atoms with Gasteiger partial charge in [0.1, 0.15) is 0 Å². The Balaban J connectivity index is 1.67. The number of pyridine rings is 1. The molecule has 140 valence electrons. The largest absolute Gasteiger partial charge is 0.377 e. The molecule has 1 unspecified atom stereocenters. The lowest BCUT2D eigenvalue weighted by Gasteiger charge is -2.36. The van der Waals surface area contributed by atoms with Crippen molar-refractivity contribution in [3.05, 3.63) is 36.4 Å². The standard InChI is InChI=1S/C19H27N5O2/c1-3-15(4-2)11-19(25)23-9-10-26-14-18(23)12-16-13-24(22-21-16)17-5-7-20-8-6-17/h5-8,13,15,18H,3-4,9-12,14H2,1-2H3. The Bertz CT molecular complexity index is 699. The fourth-order valence-corrected chi connectivity index (χ4v) is 3.35. The van der Waals surface area contributed by atoms with E-state index in [1.54, 1.807) is 17.1 Å². The highest BCUT2D eigenvalue weighted by molar-refractivity contribution is 5.77. The van der Waals surface area contributed by atoms with Crippen molar-refractivity contribution in [2.24, 2.45) is 5.92 Å². The molecule has 1 aliphatic heterocycles. The minimum absolute atomic E-state index is 0.0215. The molecule has 1 fully saturated rings. The van der Waals surface area contributed by atoms with E-state index >= 15 is 0 Å². The monoisotopic (exact) mass is 357 g/mol. The van der Waals surface area contributed by atoms with Crippen molar-refractivity contribution >= 4 is 5.91 Å². The first-order valence-corrected chi connectivity index (χ1v) is 9.40. The summed E-state index contributed by atoms with van der Waals surface area (Å²) in [6.45, 7) is 6.11. The third-order valence-electron chi connectivity index (χ3n) is 5.08. The van der Waals surface area contributed by atoms with Crippen molar-refractivity contribution in [1.82, 2.24) is 24.9 Å². The highest BCUT2D eigenvalue weighted by Gasteiger charge is 2.29. The third-order valence-corrected chi connectivity index (χ3v) is 5.08. The average molecular weight is 357 g/mol. The smallest absolute Gasteiger partial charge is 0.223 e. The molecule has 3 heterocycles. The van der Waals surface area contributed by atoms with Gasteiger partial charge >= 0.3 is 0 Å². The highest BCUT2D eigenvalue weighted by atomic mass is 16.5. The highest BCUT2D eigenvalue weighted by Crippen LogP contribution is 2.19. The molecule has 1 saturated heterocycles. The Morgan fingerprint density at radius 3 is 2.81 bits per heavy atom. The van der Waals surface area contributed by atoms with Crippen LogP contribution < -0.4 is 0 Å². The van der Waals surface area contributed by atoms with E-state index in [0.29, 0.717) is 38.5 Å². The van der Waals surface area contributed by atoms with Crippen molar-refractivity contribution in [2.75, 3.05) is 19.8 Å². The maximum atomic E-state index is 12.8. The van der Waals surface area contributed by atoms with Crippen LogP contribution in [0.25, 0.3) is 5.69 Å². The molecule has 3 rings (SSSR count). The second-order valence-corrected chi connectivity index (χ2v) is 6.77. The molecule has 26 heavy (non-hydrogen) atoms. The fourth-order valence-electron chi connectivity index (χ4n) is 3.35. The van der Waals surface area contributed by atoms with E-state index in [1.165, 1.54) is 0 Å². The van der Waals surface area contributed by atoms with Gasteiger partial charge in [-0.25, -0.2) is 4.68 Å². The molecule has 7 heteroatoms. The Hall–Kier alpha value is -2.28. The molecule has 7 nitrogen and oxygen atoms in total. The summed E-state index contributed by atoms with van der Waals surface area (Å²) >= 11 is 0. The van der Waals surface area contributed by atoms with Crippen LogP contribution in [-0.4, -0.2) is 56.6 Å². The quantitative estimate of drug-likeness (QED) is 0.760. The molecular weight excluding hydrogens is 330 g/mol. The Labute approximate surface area is 154 Å². The summed E-state index contributed by atoms with van der Waals surface area (Å²) in [5.41, 5.74) is 1.78. The predicted molar refractivity (Wildman–Crippen MR) is 97.9 cm³/mol. The first-order valence-electron chi connectivity index (χ1n) is 9.40. The first kappa shape index (κ1) is 18.5. The van der Waals surface area contributed by atoms with Crippen molar-refractivity contribution in [3.63, 3.8) is 0 Å². The normalized spacial score (nSPS) is 17.7. The van der Waals surface area contributed by atoms with Gasteiger partial charge in [0.15, 0.2) is 0 Å². The number of aromatic nitrogens is 4. The number of carbonyl (C=O) groups is 1. The van der Waals surface area contributed by atoms with Crippen molar-refractivity contribution < 1.29 is 9.53 Å². The maximum absolute atomic E-state index is 12.8. The molecule has 1 aliphatic rings. The van der Waals surface area contributed by atoms with Gasteiger partial charge in [-0.2, -0.15) is 0 Å². The predicted octanol–water partition coefficient (Wildman–Crippen LogP) is 2.26. The van der Waals surface area contributed by atoms with Gasteiger partial charge in [0.2, 0.25) is 5.91 Å². The number of ether oxygens (including phenoxy) is 1. The van der Waals surface area contributed by atoms with Crippen LogP contribution in [0.3, 0.4) is 0 Å². The second-order valence-electron chi connectivity index (χ2n) is 6.77. The van der Waals surface area contributed by atoms with Crippen LogP contribution in [0.1, 0.15) is 38.8 Å². The third kappa shape index (κ3) is 4.46.